The van der Waals surface area contributed by atoms with Gasteiger partial charge < -0.3 is 19.0 Å². The Hall–Kier alpha value is -2.67. The van der Waals surface area contributed by atoms with E-state index in [-0.39, 0.29) is 18.1 Å². The summed E-state index contributed by atoms with van der Waals surface area (Å²) >= 11 is 0. The number of fused-ring (bicyclic) bond motifs is 1. The maximum absolute atomic E-state index is 12.5. The van der Waals surface area contributed by atoms with Gasteiger partial charge in [0.15, 0.2) is 0 Å². The molecule has 1 N–H and O–H groups in total. The van der Waals surface area contributed by atoms with Crippen LogP contribution in [0.1, 0.15) is 28.7 Å². The number of amides is 1. The fraction of sp³-hybridized carbons (Fsp3) is 0.312. The van der Waals surface area contributed by atoms with Gasteiger partial charge in [0.05, 0.1) is 29.6 Å². The molecule has 4 heterocycles. The lowest BCUT2D eigenvalue weighted by atomic mass is 10.1. The first-order chi connectivity index (χ1) is 11.2. The molecule has 0 saturated carbocycles. The van der Waals surface area contributed by atoms with Crippen LogP contribution in [0.3, 0.4) is 0 Å². The van der Waals surface area contributed by atoms with Crippen molar-refractivity contribution in [2.75, 3.05) is 6.61 Å². The summed E-state index contributed by atoms with van der Waals surface area (Å²) in [6, 6.07) is 3.60. The second-order valence-corrected chi connectivity index (χ2v) is 5.70. The van der Waals surface area contributed by atoms with Gasteiger partial charge in [-0.25, -0.2) is 9.97 Å². The maximum Gasteiger partial charge on any atom is 0.253 e. The number of carbonyl (C=O) groups excluding carboxylic acids is 1. The second-order valence-electron chi connectivity index (χ2n) is 5.70. The Morgan fingerprint density at radius 3 is 3.17 bits per heavy atom. The zero-order valence-electron chi connectivity index (χ0n) is 12.7. The summed E-state index contributed by atoms with van der Waals surface area (Å²) in [5, 5.41) is 3.07. The summed E-state index contributed by atoms with van der Waals surface area (Å²) in [7, 11) is 1.93. The average Bonchev–Trinajstić information content (AvgIpc) is 3.26. The Morgan fingerprint density at radius 2 is 2.35 bits per heavy atom. The number of nitrogens with one attached hydrogen (secondary N) is 1. The molecule has 3 aromatic heterocycles. The van der Waals surface area contributed by atoms with E-state index in [0.29, 0.717) is 12.2 Å². The van der Waals surface area contributed by atoms with Crippen molar-refractivity contribution in [3.63, 3.8) is 0 Å². The molecule has 1 aliphatic rings. The molecule has 118 valence electrons. The molecule has 0 radical (unpaired) electrons. The van der Waals surface area contributed by atoms with Crippen LogP contribution in [0.25, 0.3) is 5.52 Å². The van der Waals surface area contributed by atoms with E-state index in [1.165, 1.54) is 0 Å². The number of imidazole rings is 2. The van der Waals surface area contributed by atoms with Crippen molar-refractivity contribution in [1.29, 1.82) is 0 Å². The van der Waals surface area contributed by atoms with Crippen LogP contribution in [0.2, 0.25) is 0 Å². The number of nitrogens with zero attached hydrogens (tertiary/aromatic N) is 4. The third-order valence-corrected chi connectivity index (χ3v) is 4.19. The van der Waals surface area contributed by atoms with Crippen molar-refractivity contribution in [1.82, 2.24) is 24.3 Å². The van der Waals surface area contributed by atoms with E-state index in [1.54, 1.807) is 31.0 Å². The molecule has 23 heavy (non-hydrogen) atoms. The van der Waals surface area contributed by atoms with Crippen LogP contribution in [0.5, 0.6) is 0 Å². The summed E-state index contributed by atoms with van der Waals surface area (Å²) in [6.45, 7) is 0.614. The highest BCUT2D eigenvalue weighted by Gasteiger charge is 2.33. The fourth-order valence-corrected chi connectivity index (χ4v) is 2.95. The predicted octanol–water partition coefficient (Wildman–Crippen LogP) is 1.33. The summed E-state index contributed by atoms with van der Waals surface area (Å²) < 4.78 is 9.53. The lowest BCUT2D eigenvalue weighted by Crippen LogP contribution is -2.37. The monoisotopic (exact) mass is 311 g/mol. The third kappa shape index (κ3) is 2.49. The second kappa shape index (κ2) is 5.51. The Labute approximate surface area is 132 Å². The Kier molecular flexibility index (Phi) is 3.34. The summed E-state index contributed by atoms with van der Waals surface area (Å²) in [6.07, 6.45) is 9.40. The van der Waals surface area contributed by atoms with Crippen molar-refractivity contribution >= 4 is 11.4 Å². The van der Waals surface area contributed by atoms with Crippen LogP contribution in [-0.2, 0) is 11.8 Å². The van der Waals surface area contributed by atoms with Gasteiger partial charge >= 0.3 is 0 Å². The number of hydrogen-bond acceptors (Lipinski definition) is 4. The van der Waals surface area contributed by atoms with Crippen LogP contribution >= 0.6 is 0 Å². The highest BCUT2D eigenvalue weighted by molar-refractivity contribution is 5.94. The number of rotatable bonds is 3. The van der Waals surface area contributed by atoms with Gasteiger partial charge in [0, 0.05) is 32.2 Å². The smallest absolute Gasteiger partial charge is 0.253 e. The number of hydrogen-bond donors (Lipinski definition) is 1. The molecule has 0 unspecified atom stereocenters. The Bertz CT molecular complexity index is 853. The molecule has 3 aromatic rings. The molecule has 7 nitrogen and oxygen atoms in total. The summed E-state index contributed by atoms with van der Waals surface area (Å²) in [5.74, 6) is 0.716. The highest BCUT2D eigenvalue weighted by atomic mass is 16.5. The first-order valence-electron chi connectivity index (χ1n) is 7.54. The SMILES string of the molecule is Cn1ccnc1[C@H]1OCC[C@@H]1NC(=O)c1ccc2cncn2c1. The van der Waals surface area contributed by atoms with Gasteiger partial charge in [-0.3, -0.25) is 4.79 Å². The standard InChI is InChI=1S/C16H17N5O2/c1-20-6-5-18-15(20)14-13(4-7-23-14)19-16(22)11-2-3-12-8-17-10-21(12)9-11/h2-3,5-6,8-10,13-14H,4,7H2,1H3,(H,19,22)/t13-,14-/m0/s1. The number of aryl methyl sites for hydroxylation is 1. The molecular formula is C16H17N5O2. The minimum absolute atomic E-state index is 0.0814. The van der Waals surface area contributed by atoms with Gasteiger partial charge in [-0.2, -0.15) is 0 Å². The van der Waals surface area contributed by atoms with Gasteiger partial charge in [-0.15, -0.1) is 0 Å². The van der Waals surface area contributed by atoms with Gasteiger partial charge in [-0.1, -0.05) is 0 Å². The number of aromatic nitrogens is 4. The lowest BCUT2D eigenvalue weighted by molar-refractivity contribution is 0.0779. The molecule has 7 heteroatoms. The Balaban J connectivity index is 1.54. The molecule has 1 fully saturated rings. The van der Waals surface area contributed by atoms with Crippen molar-refractivity contribution < 1.29 is 9.53 Å². The topological polar surface area (TPSA) is 73.4 Å². The van der Waals surface area contributed by atoms with Crippen molar-refractivity contribution in [2.24, 2.45) is 7.05 Å². The van der Waals surface area contributed by atoms with Gasteiger partial charge in [-0.05, 0) is 18.6 Å². The molecule has 1 aliphatic heterocycles. The van der Waals surface area contributed by atoms with E-state index in [4.69, 9.17) is 4.74 Å². The predicted molar refractivity (Wildman–Crippen MR) is 83.0 cm³/mol. The van der Waals surface area contributed by atoms with Crippen LogP contribution in [-0.4, -0.2) is 37.5 Å². The first-order valence-corrected chi connectivity index (χ1v) is 7.54. The normalized spacial score (nSPS) is 20.9. The van der Waals surface area contributed by atoms with Crippen molar-refractivity contribution in [3.8, 4) is 0 Å². The van der Waals surface area contributed by atoms with Gasteiger partial charge in [0.25, 0.3) is 5.91 Å². The number of carbonyl (C=O) groups is 1. The van der Waals surface area contributed by atoms with Crippen LogP contribution in [0.4, 0.5) is 0 Å². The maximum atomic E-state index is 12.5. The quantitative estimate of drug-likeness (QED) is 0.792. The molecule has 2 atom stereocenters. The van der Waals surface area contributed by atoms with E-state index >= 15 is 0 Å². The van der Waals surface area contributed by atoms with E-state index in [2.05, 4.69) is 15.3 Å². The fourth-order valence-electron chi connectivity index (χ4n) is 2.95. The third-order valence-electron chi connectivity index (χ3n) is 4.19. The van der Waals surface area contributed by atoms with Gasteiger partial charge in [0.2, 0.25) is 0 Å². The van der Waals surface area contributed by atoms with E-state index in [0.717, 1.165) is 17.8 Å². The number of ether oxygens (including phenoxy) is 1. The van der Waals surface area contributed by atoms with Crippen molar-refractivity contribution in [3.05, 3.63) is 54.6 Å². The molecular weight excluding hydrogens is 294 g/mol. The molecule has 1 saturated heterocycles. The van der Waals surface area contributed by atoms with Crippen LogP contribution in [0.15, 0.2) is 43.2 Å². The largest absolute Gasteiger partial charge is 0.368 e. The molecule has 4 rings (SSSR count). The summed E-state index contributed by atoms with van der Waals surface area (Å²) in [5.41, 5.74) is 1.55. The van der Waals surface area contributed by atoms with Gasteiger partial charge in [0.1, 0.15) is 11.9 Å². The zero-order chi connectivity index (χ0) is 15.8. The highest BCUT2D eigenvalue weighted by Crippen LogP contribution is 2.28. The van der Waals surface area contributed by atoms with Crippen LogP contribution < -0.4 is 5.32 Å². The Morgan fingerprint density at radius 1 is 1.43 bits per heavy atom. The molecule has 0 spiro atoms. The molecule has 1 amide bonds. The average molecular weight is 311 g/mol. The molecule has 0 aromatic carbocycles. The minimum Gasteiger partial charge on any atom is -0.368 e. The number of pyridine rings is 1. The molecule has 0 aliphatic carbocycles. The summed E-state index contributed by atoms with van der Waals surface area (Å²) in [4.78, 5) is 20.9. The minimum atomic E-state index is -0.212. The van der Waals surface area contributed by atoms with Crippen molar-refractivity contribution in [2.45, 2.75) is 18.6 Å². The lowest BCUT2D eigenvalue weighted by Gasteiger charge is -2.19. The van der Waals surface area contributed by atoms with E-state index in [1.807, 2.05) is 28.3 Å². The van der Waals surface area contributed by atoms with E-state index in [9.17, 15) is 4.79 Å². The first kappa shape index (κ1) is 14.0. The van der Waals surface area contributed by atoms with Crippen LogP contribution in [0, 0.1) is 0 Å². The molecule has 0 bridgehead atoms. The zero-order valence-corrected chi connectivity index (χ0v) is 12.7. The van der Waals surface area contributed by atoms with E-state index < -0.39 is 0 Å².